The summed E-state index contributed by atoms with van der Waals surface area (Å²) in [7, 11) is -3.77. The van der Waals surface area contributed by atoms with Gasteiger partial charge >= 0.3 is 6.16 Å². The minimum absolute atomic E-state index is 0.00271. The number of hydrogen-bond donors (Lipinski definition) is 1. The molecule has 0 atom stereocenters. The van der Waals surface area contributed by atoms with E-state index < -0.39 is 16.2 Å². The van der Waals surface area contributed by atoms with Crippen molar-refractivity contribution in [1.29, 1.82) is 0 Å². The lowest BCUT2D eigenvalue weighted by atomic mass is 10.1. The molecule has 0 aliphatic carbocycles. The molecule has 2 heterocycles. The number of nitrogens with zero attached hydrogens (tertiary/aromatic N) is 2. The van der Waals surface area contributed by atoms with Gasteiger partial charge < -0.3 is 19.2 Å². The molecule has 0 saturated carbocycles. The number of fused-ring (bicyclic) bond motifs is 1. The van der Waals surface area contributed by atoms with Gasteiger partial charge in [-0.15, -0.1) is 0 Å². The molecule has 1 fully saturated rings. The summed E-state index contributed by atoms with van der Waals surface area (Å²) < 4.78 is 37.4. The second kappa shape index (κ2) is 8.23. The highest BCUT2D eigenvalue weighted by Crippen LogP contribution is 2.34. The summed E-state index contributed by atoms with van der Waals surface area (Å²) in [5.74, 6) is -0.0999. The summed E-state index contributed by atoms with van der Waals surface area (Å²) in [5.41, 5.74) is 2.30. The molecule has 164 valence electrons. The molecule has 1 aliphatic rings. The van der Waals surface area contributed by atoms with E-state index in [0.29, 0.717) is 23.7 Å². The van der Waals surface area contributed by atoms with Crippen LogP contribution in [-0.4, -0.2) is 50.2 Å². The molecule has 0 amide bonds. The number of anilines is 1. The van der Waals surface area contributed by atoms with Gasteiger partial charge in [-0.3, -0.25) is 0 Å². The second-order valence-corrected chi connectivity index (χ2v) is 9.77. The Morgan fingerprint density at radius 1 is 1.10 bits per heavy atom. The number of piperazine rings is 1. The minimum atomic E-state index is -3.77. The summed E-state index contributed by atoms with van der Waals surface area (Å²) in [4.78, 5) is 12.8. The lowest BCUT2D eigenvalue weighted by Crippen LogP contribution is -2.48. The van der Waals surface area contributed by atoms with Crippen LogP contribution in [0.5, 0.6) is 5.95 Å². The maximum Gasteiger partial charge on any atom is 0.513 e. The van der Waals surface area contributed by atoms with Crippen molar-refractivity contribution in [1.82, 2.24) is 4.31 Å². The molecule has 0 unspecified atom stereocenters. The Labute approximate surface area is 188 Å². The van der Waals surface area contributed by atoms with Crippen molar-refractivity contribution in [2.45, 2.75) is 11.8 Å². The third kappa shape index (κ3) is 4.18. The summed E-state index contributed by atoms with van der Waals surface area (Å²) >= 11 is 12.1. The minimum Gasteiger partial charge on any atom is -0.449 e. The Morgan fingerprint density at radius 2 is 1.81 bits per heavy atom. The third-order valence-electron chi connectivity index (χ3n) is 5.20. The zero-order valence-electron chi connectivity index (χ0n) is 16.3. The van der Waals surface area contributed by atoms with Crippen molar-refractivity contribution in [3.05, 3.63) is 52.0 Å². The molecule has 1 N–H and O–H groups in total. The average Bonchev–Trinajstić information content (AvgIpc) is 3.13. The second-order valence-electron chi connectivity index (χ2n) is 7.02. The number of hydrogen-bond acceptors (Lipinski definition) is 6. The first kappa shape index (κ1) is 21.8. The zero-order chi connectivity index (χ0) is 22.3. The molecule has 0 spiro atoms. The van der Waals surface area contributed by atoms with Crippen LogP contribution < -0.4 is 9.64 Å². The number of aryl methyl sites for hydroxylation is 1. The van der Waals surface area contributed by atoms with Crippen molar-refractivity contribution in [2.24, 2.45) is 0 Å². The van der Waals surface area contributed by atoms with Gasteiger partial charge in [-0.05, 0) is 42.8 Å². The van der Waals surface area contributed by atoms with E-state index in [1.54, 1.807) is 12.1 Å². The zero-order valence-corrected chi connectivity index (χ0v) is 18.7. The average molecular weight is 485 g/mol. The Hall–Kier alpha value is -2.46. The summed E-state index contributed by atoms with van der Waals surface area (Å²) in [6, 6.07) is 9.51. The molecule has 11 heteroatoms. The largest absolute Gasteiger partial charge is 0.513 e. The van der Waals surface area contributed by atoms with Gasteiger partial charge in [0.25, 0.3) is 5.95 Å². The quantitative estimate of drug-likeness (QED) is 0.539. The number of halogens is 2. The summed E-state index contributed by atoms with van der Waals surface area (Å²) in [5, 5.41) is 9.93. The molecular formula is C20H18Cl2N2O6S. The molecule has 0 radical (unpaired) electrons. The van der Waals surface area contributed by atoms with Crippen LogP contribution in [-0.2, 0) is 10.0 Å². The number of furan rings is 1. The smallest absolute Gasteiger partial charge is 0.449 e. The van der Waals surface area contributed by atoms with E-state index in [1.807, 2.05) is 13.0 Å². The van der Waals surface area contributed by atoms with Crippen LogP contribution in [0.1, 0.15) is 5.56 Å². The molecule has 2 aromatic carbocycles. The number of carboxylic acid groups (broad SMARTS) is 1. The predicted octanol–water partition coefficient (Wildman–Crippen LogP) is 4.62. The highest BCUT2D eigenvalue weighted by molar-refractivity contribution is 7.89. The van der Waals surface area contributed by atoms with Crippen LogP contribution in [0.4, 0.5) is 10.5 Å². The van der Waals surface area contributed by atoms with Crippen LogP contribution in [0.2, 0.25) is 10.0 Å². The number of benzene rings is 2. The van der Waals surface area contributed by atoms with Crippen molar-refractivity contribution < 1.29 is 27.5 Å². The van der Waals surface area contributed by atoms with Gasteiger partial charge in [0.15, 0.2) is 0 Å². The topological polar surface area (TPSA) is 100 Å². The van der Waals surface area contributed by atoms with E-state index in [1.165, 1.54) is 22.5 Å². The first-order chi connectivity index (χ1) is 14.7. The van der Waals surface area contributed by atoms with Crippen LogP contribution in [0.15, 0.2) is 45.7 Å². The molecule has 31 heavy (non-hydrogen) atoms. The predicted molar refractivity (Wildman–Crippen MR) is 117 cm³/mol. The third-order valence-corrected chi connectivity index (χ3v) is 7.81. The fraction of sp³-hybridized carbons (Fsp3) is 0.250. The number of sulfonamides is 1. The van der Waals surface area contributed by atoms with E-state index in [-0.39, 0.29) is 29.0 Å². The number of carbonyl (C=O) groups is 1. The monoisotopic (exact) mass is 484 g/mol. The van der Waals surface area contributed by atoms with Gasteiger partial charge in [-0.25, -0.2) is 13.2 Å². The van der Waals surface area contributed by atoms with Gasteiger partial charge in [0.2, 0.25) is 10.0 Å². The van der Waals surface area contributed by atoms with Crippen LogP contribution in [0.25, 0.3) is 11.0 Å². The number of ether oxygens (including phenoxy) is 1. The highest BCUT2D eigenvalue weighted by Gasteiger charge is 2.31. The summed E-state index contributed by atoms with van der Waals surface area (Å²) in [6.45, 7) is 3.40. The Morgan fingerprint density at radius 3 is 2.48 bits per heavy atom. The van der Waals surface area contributed by atoms with E-state index in [2.05, 4.69) is 9.64 Å². The van der Waals surface area contributed by atoms with Crippen molar-refractivity contribution >= 4 is 56.0 Å². The Bertz CT molecular complexity index is 1270. The SMILES string of the molecule is Cc1c(N2CCN(S(=O)(=O)c3cc(Cl)ccc3Cl)CC2)ccc2oc(OC(=O)O)cc12. The number of rotatable bonds is 4. The van der Waals surface area contributed by atoms with E-state index in [0.717, 1.165) is 16.6 Å². The van der Waals surface area contributed by atoms with Gasteiger partial charge in [0.05, 0.1) is 5.02 Å². The molecule has 1 saturated heterocycles. The fourth-order valence-corrected chi connectivity index (χ4v) is 5.84. The van der Waals surface area contributed by atoms with Crippen LogP contribution in [0.3, 0.4) is 0 Å². The van der Waals surface area contributed by atoms with Crippen molar-refractivity contribution in [2.75, 3.05) is 31.1 Å². The lowest BCUT2D eigenvalue weighted by Gasteiger charge is -2.36. The highest BCUT2D eigenvalue weighted by atomic mass is 35.5. The molecule has 1 aliphatic heterocycles. The van der Waals surface area contributed by atoms with Crippen molar-refractivity contribution in [3.63, 3.8) is 0 Å². The maximum absolute atomic E-state index is 13.0. The normalized spacial score (nSPS) is 15.4. The molecule has 8 nitrogen and oxygen atoms in total. The first-order valence-electron chi connectivity index (χ1n) is 9.31. The van der Waals surface area contributed by atoms with Gasteiger partial charge in [-0.1, -0.05) is 23.2 Å². The lowest BCUT2D eigenvalue weighted by molar-refractivity contribution is 0.134. The van der Waals surface area contributed by atoms with Gasteiger partial charge in [0, 0.05) is 48.3 Å². The molecule has 0 bridgehead atoms. The van der Waals surface area contributed by atoms with E-state index >= 15 is 0 Å². The van der Waals surface area contributed by atoms with Crippen LogP contribution >= 0.6 is 23.2 Å². The fourth-order valence-electron chi connectivity index (χ4n) is 3.68. The summed E-state index contributed by atoms with van der Waals surface area (Å²) in [6.07, 6.45) is -1.45. The van der Waals surface area contributed by atoms with Crippen LogP contribution in [0, 0.1) is 6.92 Å². The maximum atomic E-state index is 13.0. The standard InChI is InChI=1S/C20H18Cl2N2O6S/c1-12-14-11-19(30-20(25)26)29-17(14)5-4-16(12)23-6-8-24(9-7-23)31(27,28)18-10-13(21)2-3-15(18)22/h2-5,10-11H,6-9H2,1H3,(H,25,26). The first-order valence-corrected chi connectivity index (χ1v) is 11.5. The molecule has 1 aromatic heterocycles. The van der Waals surface area contributed by atoms with Crippen molar-refractivity contribution in [3.8, 4) is 5.95 Å². The molecule has 4 rings (SSSR count). The molecule has 3 aromatic rings. The van der Waals surface area contributed by atoms with Gasteiger partial charge in [-0.2, -0.15) is 4.31 Å². The molecular weight excluding hydrogens is 467 g/mol. The Balaban J connectivity index is 1.54. The Kier molecular flexibility index (Phi) is 5.78. The van der Waals surface area contributed by atoms with E-state index in [9.17, 15) is 13.2 Å². The van der Waals surface area contributed by atoms with E-state index in [4.69, 9.17) is 32.7 Å². The van der Waals surface area contributed by atoms with Gasteiger partial charge in [0.1, 0.15) is 10.5 Å².